The molecule has 0 amide bonds. The second kappa shape index (κ2) is 14.9. The minimum atomic E-state index is -1.00. The summed E-state index contributed by atoms with van der Waals surface area (Å²) < 4.78 is 0. The Morgan fingerprint density at radius 1 is 0.737 bits per heavy atom. The van der Waals surface area contributed by atoms with Gasteiger partial charge < -0.3 is 42.5 Å². The highest BCUT2D eigenvalue weighted by atomic mass is 16.4. The molecule has 4 aromatic rings. The van der Waals surface area contributed by atoms with E-state index in [1.807, 2.05) is 60.8 Å². The monoisotopic (exact) mass is 524 g/mol. The number of fused-ring (bicyclic) bond motifs is 1. The zero-order valence-electron chi connectivity index (χ0n) is 20.5. The van der Waals surface area contributed by atoms with E-state index in [4.69, 9.17) is 32.5 Å². The lowest BCUT2D eigenvalue weighted by Gasteiger charge is -2.04. The molecule has 2 aromatic carbocycles. The van der Waals surface area contributed by atoms with Crippen molar-refractivity contribution in [2.24, 2.45) is 17.2 Å². The highest BCUT2D eigenvalue weighted by molar-refractivity contribution is 5.84. The van der Waals surface area contributed by atoms with Crippen molar-refractivity contribution in [2.75, 3.05) is 0 Å². The van der Waals surface area contributed by atoms with Gasteiger partial charge in [0.1, 0.15) is 18.1 Å². The van der Waals surface area contributed by atoms with Crippen LogP contribution in [0.15, 0.2) is 73.3 Å². The molecule has 0 saturated carbocycles. The number of H-pyrrole nitrogens is 2. The van der Waals surface area contributed by atoms with Gasteiger partial charge in [0.05, 0.1) is 6.33 Å². The van der Waals surface area contributed by atoms with E-state index in [1.54, 1.807) is 6.20 Å². The number of aromatic amines is 2. The van der Waals surface area contributed by atoms with Crippen LogP contribution in [0, 0.1) is 0 Å². The van der Waals surface area contributed by atoms with Crippen LogP contribution in [0.5, 0.6) is 0 Å². The summed E-state index contributed by atoms with van der Waals surface area (Å²) in [5, 5.41) is 26.7. The van der Waals surface area contributed by atoms with Crippen molar-refractivity contribution in [1.29, 1.82) is 0 Å². The molecule has 2 heterocycles. The first-order valence-corrected chi connectivity index (χ1v) is 11.6. The Morgan fingerprint density at radius 2 is 1.29 bits per heavy atom. The maximum Gasteiger partial charge on any atom is 0.320 e. The molecular weight excluding hydrogens is 492 g/mol. The molecule has 38 heavy (non-hydrogen) atoms. The van der Waals surface area contributed by atoms with Gasteiger partial charge in [0.2, 0.25) is 0 Å². The van der Waals surface area contributed by atoms with Gasteiger partial charge in [0.15, 0.2) is 0 Å². The summed E-state index contributed by atoms with van der Waals surface area (Å²) in [4.78, 5) is 40.9. The molecule has 0 radical (unpaired) electrons. The summed E-state index contributed by atoms with van der Waals surface area (Å²) in [5.41, 5.74) is 19.7. The molecule has 2 aromatic heterocycles. The first-order chi connectivity index (χ1) is 18.1. The van der Waals surface area contributed by atoms with Crippen LogP contribution in [0.4, 0.5) is 0 Å². The van der Waals surface area contributed by atoms with E-state index in [-0.39, 0.29) is 6.42 Å². The molecule has 0 aliphatic carbocycles. The molecule has 4 rings (SSSR count). The maximum atomic E-state index is 10.6. The third-order valence-electron chi connectivity index (χ3n) is 5.36. The molecule has 0 saturated heterocycles. The number of nitrogens with zero attached hydrogens (tertiary/aromatic N) is 1. The SMILES string of the molecule is N[C@@H](Cc1c[nH]c2ccccc12)C(=O)O.N[C@@H](Cc1ccccc1)C(=O)O.N[C@@H](Cc1cnc[nH]1)C(=O)O. The maximum absolute atomic E-state index is 10.6. The van der Waals surface area contributed by atoms with Gasteiger partial charge in [-0.2, -0.15) is 0 Å². The van der Waals surface area contributed by atoms with Crippen molar-refractivity contribution in [3.63, 3.8) is 0 Å². The Balaban J connectivity index is 0.000000203. The smallest absolute Gasteiger partial charge is 0.320 e. The fraction of sp³-hybridized carbons (Fsp3) is 0.231. The predicted molar refractivity (Wildman–Crippen MR) is 141 cm³/mol. The Morgan fingerprint density at radius 3 is 1.87 bits per heavy atom. The van der Waals surface area contributed by atoms with Gasteiger partial charge in [-0.25, -0.2) is 4.98 Å². The van der Waals surface area contributed by atoms with Gasteiger partial charge in [0.25, 0.3) is 0 Å². The lowest BCUT2D eigenvalue weighted by molar-refractivity contribution is -0.139. The molecule has 3 atom stereocenters. The molecule has 12 nitrogen and oxygen atoms in total. The number of imidazole rings is 1. The molecule has 11 N–H and O–H groups in total. The number of aromatic nitrogens is 3. The number of nitrogens with one attached hydrogen (secondary N) is 2. The molecule has 0 unspecified atom stereocenters. The number of hydrogen-bond acceptors (Lipinski definition) is 7. The summed E-state index contributed by atoms with van der Waals surface area (Å²) in [6.07, 6.45) is 5.88. The van der Waals surface area contributed by atoms with Gasteiger partial charge in [-0.1, -0.05) is 48.5 Å². The van der Waals surface area contributed by atoms with Crippen LogP contribution < -0.4 is 17.2 Å². The number of hydrogen-bond donors (Lipinski definition) is 8. The number of benzene rings is 2. The molecule has 0 aliphatic rings. The Labute approximate surface area is 218 Å². The molecule has 0 bridgehead atoms. The van der Waals surface area contributed by atoms with Crippen LogP contribution in [-0.4, -0.2) is 66.3 Å². The van der Waals surface area contributed by atoms with Crippen LogP contribution in [0.25, 0.3) is 10.9 Å². The minimum Gasteiger partial charge on any atom is -0.480 e. The zero-order chi connectivity index (χ0) is 28.1. The molecule has 0 spiro atoms. The normalized spacial score (nSPS) is 12.7. The standard InChI is InChI=1S/C11H12N2O2.C9H11NO2.C6H9N3O2/c12-9(11(14)15)5-7-6-13-10-4-2-1-3-8(7)10;10-8(9(11)12)6-7-4-2-1-3-5-7;7-5(6(10)11)1-4-2-8-3-9-4/h1-4,6,9,13H,5,12H2,(H,14,15);1-5,8H,6,10H2,(H,11,12);2-3,5H,1,7H2,(H,8,9)(H,10,11)/t9-;8-;5-/m000/s1. The van der Waals surface area contributed by atoms with Crippen molar-refractivity contribution >= 4 is 28.8 Å². The van der Waals surface area contributed by atoms with Gasteiger partial charge >= 0.3 is 17.9 Å². The molecular formula is C26H32N6O6. The van der Waals surface area contributed by atoms with Crippen molar-refractivity contribution in [1.82, 2.24) is 15.0 Å². The van der Waals surface area contributed by atoms with Crippen molar-refractivity contribution in [3.8, 4) is 0 Å². The predicted octanol–water partition coefficient (Wildman–Crippen LogP) is 1.13. The minimum absolute atomic E-state index is 0.287. The van der Waals surface area contributed by atoms with Gasteiger partial charge in [-0.3, -0.25) is 14.4 Å². The number of carboxylic acids is 3. The topological polar surface area (TPSA) is 234 Å². The lowest BCUT2D eigenvalue weighted by atomic mass is 10.1. The second-order valence-corrected chi connectivity index (χ2v) is 8.37. The largest absolute Gasteiger partial charge is 0.480 e. The van der Waals surface area contributed by atoms with E-state index in [1.165, 1.54) is 6.33 Å². The van der Waals surface area contributed by atoms with Gasteiger partial charge in [-0.05, 0) is 23.6 Å². The van der Waals surface area contributed by atoms with E-state index in [9.17, 15) is 14.4 Å². The molecule has 0 fully saturated rings. The Kier molecular flexibility index (Phi) is 11.6. The van der Waals surface area contributed by atoms with E-state index in [0.29, 0.717) is 12.8 Å². The summed E-state index contributed by atoms with van der Waals surface area (Å²) in [7, 11) is 0. The van der Waals surface area contributed by atoms with Crippen molar-refractivity contribution in [3.05, 3.63) is 90.1 Å². The highest BCUT2D eigenvalue weighted by Gasteiger charge is 2.14. The number of aliphatic carboxylic acids is 3. The van der Waals surface area contributed by atoms with E-state index < -0.39 is 36.0 Å². The van der Waals surface area contributed by atoms with Crippen molar-refractivity contribution in [2.45, 2.75) is 37.4 Å². The van der Waals surface area contributed by atoms with E-state index in [0.717, 1.165) is 27.7 Å². The second-order valence-electron chi connectivity index (χ2n) is 8.37. The summed E-state index contributed by atoms with van der Waals surface area (Å²) >= 11 is 0. The average molecular weight is 525 g/mol. The highest BCUT2D eigenvalue weighted by Crippen LogP contribution is 2.18. The van der Waals surface area contributed by atoms with Crippen LogP contribution in [0.2, 0.25) is 0 Å². The fourth-order valence-electron chi connectivity index (χ4n) is 3.30. The number of para-hydroxylation sites is 1. The van der Waals surface area contributed by atoms with Crippen molar-refractivity contribution < 1.29 is 29.7 Å². The third kappa shape index (κ3) is 9.85. The first kappa shape index (κ1) is 29.7. The Hall–Kier alpha value is -4.52. The van der Waals surface area contributed by atoms with E-state index >= 15 is 0 Å². The first-order valence-electron chi connectivity index (χ1n) is 11.6. The quantitative estimate of drug-likeness (QED) is 0.155. The lowest BCUT2D eigenvalue weighted by Crippen LogP contribution is -2.32. The molecule has 12 heteroatoms. The number of rotatable bonds is 9. The third-order valence-corrected chi connectivity index (χ3v) is 5.36. The summed E-state index contributed by atoms with van der Waals surface area (Å²) in [6, 6.07) is 14.6. The summed E-state index contributed by atoms with van der Waals surface area (Å²) in [5.74, 6) is -2.93. The Bertz CT molecular complexity index is 1290. The number of carbonyl (C=O) groups is 3. The number of nitrogens with two attached hydrogens (primary N) is 3. The fourth-order valence-corrected chi connectivity index (χ4v) is 3.30. The van der Waals surface area contributed by atoms with Crippen LogP contribution in [0.3, 0.4) is 0 Å². The molecule has 202 valence electrons. The molecule has 0 aliphatic heterocycles. The van der Waals surface area contributed by atoms with Gasteiger partial charge in [-0.15, -0.1) is 0 Å². The zero-order valence-corrected chi connectivity index (χ0v) is 20.5. The van der Waals surface area contributed by atoms with Crippen LogP contribution >= 0.6 is 0 Å². The van der Waals surface area contributed by atoms with Crippen LogP contribution in [0.1, 0.15) is 16.8 Å². The number of carboxylic acid groups (broad SMARTS) is 3. The average Bonchev–Trinajstić information content (AvgIpc) is 3.55. The van der Waals surface area contributed by atoms with Gasteiger partial charge in [0, 0.05) is 41.8 Å². The van der Waals surface area contributed by atoms with Crippen LogP contribution in [-0.2, 0) is 33.6 Å². The van der Waals surface area contributed by atoms with E-state index in [2.05, 4.69) is 15.0 Å². The summed E-state index contributed by atoms with van der Waals surface area (Å²) in [6.45, 7) is 0.